The van der Waals surface area contributed by atoms with Crippen LogP contribution in [0.4, 0.5) is 0 Å². The summed E-state index contributed by atoms with van der Waals surface area (Å²) in [4.78, 5) is 16.5. The van der Waals surface area contributed by atoms with E-state index in [1.807, 2.05) is 22.9 Å². The molecule has 1 aliphatic rings. The van der Waals surface area contributed by atoms with E-state index >= 15 is 0 Å². The van der Waals surface area contributed by atoms with Gasteiger partial charge in [-0.25, -0.2) is 4.98 Å². The fraction of sp³-hybridized carbons (Fsp3) is 0.333. The summed E-state index contributed by atoms with van der Waals surface area (Å²) in [6.45, 7) is 4.23. The highest BCUT2D eigenvalue weighted by Gasteiger charge is 2.33. The van der Waals surface area contributed by atoms with Gasteiger partial charge in [-0.3, -0.25) is 4.79 Å². The number of pyridine rings is 1. The van der Waals surface area contributed by atoms with E-state index in [2.05, 4.69) is 18.8 Å². The van der Waals surface area contributed by atoms with Crippen molar-refractivity contribution in [1.82, 2.24) is 9.55 Å². The van der Waals surface area contributed by atoms with E-state index in [4.69, 9.17) is 11.6 Å². The van der Waals surface area contributed by atoms with Crippen LogP contribution in [0.1, 0.15) is 36.3 Å². The lowest BCUT2D eigenvalue weighted by atomic mass is 9.76. The van der Waals surface area contributed by atoms with Gasteiger partial charge in [0.05, 0.1) is 5.02 Å². The fourth-order valence-electron chi connectivity index (χ4n) is 2.70. The van der Waals surface area contributed by atoms with Crippen LogP contribution >= 0.6 is 11.6 Å². The standard InChI is InChI=1S/C15H15ClN2O/c1-15(2)8-12-10(13(19)9-15)5-7-18(12)14-11(16)4-3-6-17-14/h3-7H,8-9H2,1-2H3. The molecule has 0 radical (unpaired) electrons. The summed E-state index contributed by atoms with van der Waals surface area (Å²) in [7, 11) is 0. The Hall–Kier alpha value is -1.61. The molecule has 3 nitrogen and oxygen atoms in total. The first-order valence-corrected chi connectivity index (χ1v) is 6.70. The van der Waals surface area contributed by atoms with Gasteiger partial charge in [-0.2, -0.15) is 0 Å². The van der Waals surface area contributed by atoms with Crippen LogP contribution in [-0.2, 0) is 6.42 Å². The molecule has 98 valence electrons. The van der Waals surface area contributed by atoms with Gasteiger partial charge in [0, 0.05) is 30.1 Å². The highest BCUT2D eigenvalue weighted by atomic mass is 35.5. The second-order valence-corrected chi connectivity index (χ2v) is 6.20. The maximum atomic E-state index is 12.2. The minimum atomic E-state index is -0.0125. The lowest BCUT2D eigenvalue weighted by molar-refractivity contribution is 0.0911. The topological polar surface area (TPSA) is 34.9 Å². The normalized spacial score (nSPS) is 17.3. The molecule has 1 aliphatic carbocycles. The van der Waals surface area contributed by atoms with Gasteiger partial charge in [0.2, 0.25) is 0 Å². The highest BCUT2D eigenvalue weighted by molar-refractivity contribution is 6.32. The number of hydrogen-bond acceptors (Lipinski definition) is 2. The summed E-state index contributed by atoms with van der Waals surface area (Å²) in [6.07, 6.45) is 5.05. The average Bonchev–Trinajstić information content (AvgIpc) is 2.72. The third-order valence-electron chi connectivity index (χ3n) is 3.54. The Bertz CT molecular complexity index is 658. The second-order valence-electron chi connectivity index (χ2n) is 5.80. The monoisotopic (exact) mass is 274 g/mol. The van der Waals surface area contributed by atoms with Gasteiger partial charge in [-0.15, -0.1) is 0 Å². The lowest BCUT2D eigenvalue weighted by Crippen LogP contribution is -2.27. The van der Waals surface area contributed by atoms with Crippen molar-refractivity contribution in [3.8, 4) is 5.82 Å². The molecule has 2 heterocycles. The summed E-state index contributed by atoms with van der Waals surface area (Å²) >= 11 is 6.20. The number of halogens is 1. The van der Waals surface area contributed by atoms with E-state index in [1.54, 1.807) is 12.3 Å². The summed E-state index contributed by atoms with van der Waals surface area (Å²) in [5, 5.41) is 0.594. The van der Waals surface area contributed by atoms with Crippen molar-refractivity contribution >= 4 is 17.4 Å². The molecule has 0 amide bonds. The van der Waals surface area contributed by atoms with E-state index in [0.717, 1.165) is 17.7 Å². The van der Waals surface area contributed by atoms with E-state index in [-0.39, 0.29) is 11.2 Å². The van der Waals surface area contributed by atoms with Gasteiger partial charge in [0.25, 0.3) is 0 Å². The lowest BCUT2D eigenvalue weighted by Gasteiger charge is -2.29. The van der Waals surface area contributed by atoms with Gasteiger partial charge in [-0.1, -0.05) is 25.4 Å². The van der Waals surface area contributed by atoms with Crippen molar-refractivity contribution in [2.45, 2.75) is 26.7 Å². The molecule has 19 heavy (non-hydrogen) atoms. The van der Waals surface area contributed by atoms with Crippen molar-refractivity contribution in [1.29, 1.82) is 0 Å². The number of carbonyl (C=O) groups excluding carboxylic acids is 1. The second kappa shape index (κ2) is 4.20. The van der Waals surface area contributed by atoms with Crippen molar-refractivity contribution in [2.75, 3.05) is 0 Å². The van der Waals surface area contributed by atoms with E-state index in [1.165, 1.54) is 0 Å². The predicted molar refractivity (Wildman–Crippen MR) is 75.0 cm³/mol. The largest absolute Gasteiger partial charge is 0.304 e. The molecule has 0 aromatic carbocycles. The van der Waals surface area contributed by atoms with Crippen LogP contribution < -0.4 is 0 Å². The summed E-state index contributed by atoms with van der Waals surface area (Å²) < 4.78 is 1.94. The maximum absolute atomic E-state index is 12.2. The minimum Gasteiger partial charge on any atom is -0.304 e. The third kappa shape index (κ3) is 2.08. The van der Waals surface area contributed by atoms with Crippen molar-refractivity contribution in [3.05, 3.63) is 46.9 Å². The van der Waals surface area contributed by atoms with Crippen molar-refractivity contribution in [3.63, 3.8) is 0 Å². The molecule has 0 unspecified atom stereocenters. The van der Waals surface area contributed by atoms with Crippen molar-refractivity contribution < 1.29 is 4.79 Å². The smallest absolute Gasteiger partial charge is 0.165 e. The van der Waals surface area contributed by atoms with Gasteiger partial charge >= 0.3 is 0 Å². The number of ketones is 1. The summed E-state index contributed by atoms with van der Waals surface area (Å²) in [6, 6.07) is 5.49. The van der Waals surface area contributed by atoms with E-state index in [9.17, 15) is 4.79 Å². The number of fused-ring (bicyclic) bond motifs is 1. The molecule has 0 aliphatic heterocycles. The first-order chi connectivity index (χ1) is 8.98. The Morgan fingerprint density at radius 2 is 2.11 bits per heavy atom. The molecule has 0 atom stereocenters. The van der Waals surface area contributed by atoms with E-state index < -0.39 is 0 Å². The molecule has 2 aromatic rings. The van der Waals surface area contributed by atoms with Crippen LogP contribution in [0.25, 0.3) is 5.82 Å². The molecular formula is C15H15ClN2O. The average molecular weight is 275 g/mol. The maximum Gasteiger partial charge on any atom is 0.165 e. The van der Waals surface area contributed by atoms with Gasteiger partial charge in [0.15, 0.2) is 11.6 Å². The molecule has 0 spiro atoms. The van der Waals surface area contributed by atoms with Crippen LogP contribution in [-0.4, -0.2) is 15.3 Å². The molecule has 0 saturated carbocycles. The molecule has 4 heteroatoms. The molecule has 0 bridgehead atoms. The Morgan fingerprint density at radius 3 is 2.84 bits per heavy atom. The number of carbonyl (C=O) groups is 1. The summed E-state index contributed by atoms with van der Waals surface area (Å²) in [5.74, 6) is 0.896. The quantitative estimate of drug-likeness (QED) is 0.795. The van der Waals surface area contributed by atoms with Crippen LogP contribution in [0, 0.1) is 5.41 Å². The zero-order chi connectivity index (χ0) is 13.6. The van der Waals surface area contributed by atoms with Gasteiger partial charge in [-0.05, 0) is 30.0 Å². The molecule has 0 N–H and O–H groups in total. The Balaban J connectivity index is 2.17. The molecule has 0 fully saturated rings. The fourth-order valence-corrected chi connectivity index (χ4v) is 2.91. The third-order valence-corrected chi connectivity index (χ3v) is 3.84. The minimum absolute atomic E-state index is 0.0125. The number of hydrogen-bond donors (Lipinski definition) is 0. The van der Waals surface area contributed by atoms with Crippen molar-refractivity contribution in [2.24, 2.45) is 5.41 Å². The predicted octanol–water partition coefficient (Wildman–Crippen LogP) is 3.68. The van der Waals surface area contributed by atoms with Crippen LogP contribution in [0.5, 0.6) is 0 Å². The van der Waals surface area contributed by atoms with E-state index in [0.29, 0.717) is 17.3 Å². The Morgan fingerprint density at radius 1 is 1.32 bits per heavy atom. The Kier molecular flexibility index (Phi) is 2.75. The van der Waals surface area contributed by atoms with Gasteiger partial charge in [0.1, 0.15) is 0 Å². The zero-order valence-electron chi connectivity index (χ0n) is 11.0. The SMILES string of the molecule is CC1(C)CC(=O)c2ccn(-c3ncccc3Cl)c2C1. The highest BCUT2D eigenvalue weighted by Crippen LogP contribution is 2.36. The summed E-state index contributed by atoms with van der Waals surface area (Å²) in [5.41, 5.74) is 1.81. The first-order valence-electron chi connectivity index (χ1n) is 6.32. The van der Waals surface area contributed by atoms with Crippen LogP contribution in [0.15, 0.2) is 30.6 Å². The number of rotatable bonds is 1. The van der Waals surface area contributed by atoms with Crippen LogP contribution in [0.2, 0.25) is 5.02 Å². The first kappa shape index (κ1) is 12.4. The number of Topliss-reactive ketones (excluding diaryl/α,β-unsaturated/α-hetero) is 1. The molecular weight excluding hydrogens is 260 g/mol. The van der Waals surface area contributed by atoms with Gasteiger partial charge < -0.3 is 4.57 Å². The number of aromatic nitrogens is 2. The molecule has 2 aromatic heterocycles. The Labute approximate surface area is 117 Å². The zero-order valence-corrected chi connectivity index (χ0v) is 11.7. The number of nitrogens with zero attached hydrogens (tertiary/aromatic N) is 2. The van der Waals surface area contributed by atoms with Crippen LogP contribution in [0.3, 0.4) is 0 Å². The molecule has 3 rings (SSSR count). The molecule has 0 saturated heterocycles.